The van der Waals surface area contributed by atoms with Gasteiger partial charge >= 0.3 is 0 Å². The molecule has 1 aliphatic carbocycles. The minimum absolute atomic E-state index is 0.0503. The highest BCUT2D eigenvalue weighted by Crippen LogP contribution is 2.35. The van der Waals surface area contributed by atoms with Gasteiger partial charge in [0.05, 0.1) is 19.3 Å². The number of nitrogens with zero attached hydrogens (tertiary/aromatic N) is 3. The van der Waals surface area contributed by atoms with Crippen LogP contribution in [-0.2, 0) is 30.3 Å². The van der Waals surface area contributed by atoms with Crippen molar-refractivity contribution in [3.63, 3.8) is 0 Å². The molecule has 24 heavy (non-hydrogen) atoms. The molecule has 0 radical (unpaired) electrons. The molecule has 1 fully saturated rings. The van der Waals surface area contributed by atoms with Gasteiger partial charge in [-0.15, -0.1) is 0 Å². The zero-order chi connectivity index (χ0) is 16.9. The maximum Gasteiger partial charge on any atom is 0.226 e. The van der Waals surface area contributed by atoms with Gasteiger partial charge in [0.25, 0.3) is 0 Å². The smallest absolute Gasteiger partial charge is 0.226 e. The molecule has 1 saturated heterocycles. The Bertz CT molecular complexity index is 778. The SMILES string of the molecule is Cn1ncc2c1CC(C(=O)N1CC(O)(c3ccc(F)cc3)C1)CC2. The summed E-state index contributed by atoms with van der Waals surface area (Å²) in [5.74, 6) is -0.289. The number of hydrogen-bond donors (Lipinski definition) is 1. The molecule has 1 amide bonds. The number of aromatic nitrogens is 2. The molecule has 0 saturated carbocycles. The van der Waals surface area contributed by atoms with E-state index >= 15 is 0 Å². The molecule has 1 atom stereocenters. The number of likely N-dealkylation sites (tertiary alicyclic amines) is 1. The molecule has 5 nitrogen and oxygen atoms in total. The quantitative estimate of drug-likeness (QED) is 0.906. The normalized spacial score (nSPS) is 22.0. The lowest BCUT2D eigenvalue weighted by Gasteiger charge is -2.48. The van der Waals surface area contributed by atoms with Crippen molar-refractivity contribution < 1.29 is 14.3 Å². The van der Waals surface area contributed by atoms with E-state index in [1.807, 2.05) is 17.9 Å². The summed E-state index contributed by atoms with van der Waals surface area (Å²) in [7, 11) is 1.91. The van der Waals surface area contributed by atoms with E-state index in [2.05, 4.69) is 5.10 Å². The van der Waals surface area contributed by atoms with Crippen LogP contribution in [0.5, 0.6) is 0 Å². The van der Waals surface area contributed by atoms with E-state index < -0.39 is 5.60 Å². The molecule has 2 aromatic rings. The third kappa shape index (κ3) is 2.41. The van der Waals surface area contributed by atoms with E-state index in [1.54, 1.807) is 17.0 Å². The largest absolute Gasteiger partial charge is 0.381 e. The van der Waals surface area contributed by atoms with E-state index in [-0.39, 0.29) is 30.7 Å². The Morgan fingerprint density at radius 2 is 2.04 bits per heavy atom. The van der Waals surface area contributed by atoms with E-state index in [9.17, 15) is 14.3 Å². The van der Waals surface area contributed by atoms with Gasteiger partial charge in [-0.25, -0.2) is 4.39 Å². The summed E-state index contributed by atoms with van der Waals surface area (Å²) in [5, 5.41) is 14.9. The summed E-state index contributed by atoms with van der Waals surface area (Å²) in [6.45, 7) is 0.540. The number of aryl methyl sites for hydroxylation is 2. The predicted molar refractivity (Wildman–Crippen MR) is 85.6 cm³/mol. The molecule has 1 aromatic carbocycles. The van der Waals surface area contributed by atoms with Gasteiger partial charge in [-0.1, -0.05) is 12.1 Å². The highest BCUT2D eigenvalue weighted by Gasteiger charge is 2.46. The average molecular weight is 329 g/mol. The Morgan fingerprint density at radius 3 is 2.75 bits per heavy atom. The first-order valence-corrected chi connectivity index (χ1v) is 8.23. The number of β-amino-alcohol motifs (C(OH)–C–C–N with tert-alkyl or cyclic N) is 1. The Morgan fingerprint density at radius 1 is 1.33 bits per heavy atom. The average Bonchev–Trinajstić information content (AvgIpc) is 2.92. The molecule has 0 bridgehead atoms. The van der Waals surface area contributed by atoms with E-state index in [0.717, 1.165) is 18.5 Å². The van der Waals surface area contributed by atoms with E-state index in [1.165, 1.54) is 17.7 Å². The highest BCUT2D eigenvalue weighted by atomic mass is 19.1. The summed E-state index contributed by atoms with van der Waals surface area (Å²) in [6.07, 6.45) is 4.28. The predicted octanol–water partition coefficient (Wildman–Crippen LogP) is 1.39. The second-order valence-electron chi connectivity index (χ2n) is 6.91. The Kier molecular flexibility index (Phi) is 3.46. The van der Waals surface area contributed by atoms with Crippen LogP contribution in [0, 0.1) is 11.7 Å². The number of carbonyl (C=O) groups excluding carboxylic acids is 1. The zero-order valence-corrected chi connectivity index (χ0v) is 13.6. The van der Waals surface area contributed by atoms with Crippen LogP contribution in [0.2, 0.25) is 0 Å². The van der Waals surface area contributed by atoms with Crippen LogP contribution in [-0.4, -0.2) is 38.8 Å². The lowest BCUT2D eigenvalue weighted by atomic mass is 9.82. The molecule has 0 spiro atoms. The second-order valence-corrected chi connectivity index (χ2v) is 6.91. The molecule has 2 heterocycles. The Balaban J connectivity index is 1.43. The summed E-state index contributed by atoms with van der Waals surface area (Å²) >= 11 is 0. The van der Waals surface area contributed by atoms with Crippen molar-refractivity contribution in [2.75, 3.05) is 13.1 Å². The fourth-order valence-corrected chi connectivity index (χ4v) is 3.80. The third-order valence-corrected chi connectivity index (χ3v) is 5.30. The number of benzene rings is 1. The van der Waals surface area contributed by atoms with Crippen LogP contribution in [0.15, 0.2) is 30.5 Å². The summed E-state index contributed by atoms with van der Waals surface area (Å²) in [5.41, 5.74) is 1.96. The minimum atomic E-state index is -1.06. The molecule has 6 heteroatoms. The topological polar surface area (TPSA) is 58.4 Å². The summed E-state index contributed by atoms with van der Waals surface area (Å²) in [6, 6.07) is 5.84. The first-order valence-electron chi connectivity index (χ1n) is 8.23. The van der Waals surface area contributed by atoms with Crippen molar-refractivity contribution in [3.05, 3.63) is 53.1 Å². The van der Waals surface area contributed by atoms with Crippen LogP contribution >= 0.6 is 0 Å². The fourth-order valence-electron chi connectivity index (χ4n) is 3.80. The van der Waals surface area contributed by atoms with Crippen molar-refractivity contribution in [1.82, 2.24) is 14.7 Å². The molecule has 1 N–H and O–H groups in total. The van der Waals surface area contributed by atoms with Crippen LogP contribution < -0.4 is 0 Å². The van der Waals surface area contributed by atoms with Crippen LogP contribution in [0.3, 0.4) is 0 Å². The van der Waals surface area contributed by atoms with Crippen molar-refractivity contribution in [2.24, 2.45) is 13.0 Å². The van der Waals surface area contributed by atoms with Crippen LogP contribution in [0.1, 0.15) is 23.2 Å². The number of hydrogen-bond acceptors (Lipinski definition) is 3. The van der Waals surface area contributed by atoms with Gasteiger partial charge in [-0.3, -0.25) is 9.48 Å². The number of aliphatic hydroxyl groups is 1. The van der Waals surface area contributed by atoms with Gasteiger partial charge in [0, 0.05) is 25.1 Å². The lowest BCUT2D eigenvalue weighted by molar-refractivity contribution is -0.161. The second kappa shape index (κ2) is 5.41. The monoisotopic (exact) mass is 329 g/mol. The van der Waals surface area contributed by atoms with Crippen LogP contribution in [0.25, 0.3) is 0 Å². The Labute approximate surface area is 139 Å². The summed E-state index contributed by atoms with van der Waals surface area (Å²) < 4.78 is 14.9. The number of amides is 1. The molecule has 126 valence electrons. The molecule has 1 aromatic heterocycles. The maximum atomic E-state index is 13.0. The molecular weight excluding hydrogens is 309 g/mol. The number of carbonyl (C=O) groups is 1. The van der Waals surface area contributed by atoms with Gasteiger partial charge in [0.1, 0.15) is 11.4 Å². The van der Waals surface area contributed by atoms with Gasteiger partial charge in [-0.05, 0) is 36.1 Å². The first-order chi connectivity index (χ1) is 11.5. The zero-order valence-electron chi connectivity index (χ0n) is 13.6. The molecule has 4 rings (SSSR count). The molecular formula is C18H20FN3O2. The maximum absolute atomic E-state index is 13.0. The van der Waals surface area contributed by atoms with Crippen molar-refractivity contribution >= 4 is 5.91 Å². The van der Waals surface area contributed by atoms with E-state index in [4.69, 9.17) is 0 Å². The molecule has 2 aliphatic rings. The number of halogens is 1. The standard InChI is InChI=1S/C18H20FN3O2/c1-21-16-8-12(2-3-13(16)9-20-21)17(23)22-10-18(24,11-22)14-4-6-15(19)7-5-14/h4-7,9,12,24H,2-3,8,10-11H2,1H3. The van der Waals surface area contributed by atoms with Gasteiger partial charge in [0.15, 0.2) is 0 Å². The fraction of sp³-hybridized carbons (Fsp3) is 0.444. The third-order valence-electron chi connectivity index (χ3n) is 5.30. The lowest BCUT2D eigenvalue weighted by Crippen LogP contribution is -2.62. The molecule has 1 unspecified atom stereocenters. The van der Waals surface area contributed by atoms with Gasteiger partial charge in [-0.2, -0.15) is 5.10 Å². The summed E-state index contributed by atoms with van der Waals surface area (Å²) in [4.78, 5) is 14.4. The van der Waals surface area contributed by atoms with Crippen LogP contribution in [0.4, 0.5) is 4.39 Å². The van der Waals surface area contributed by atoms with E-state index in [0.29, 0.717) is 12.0 Å². The minimum Gasteiger partial charge on any atom is -0.381 e. The van der Waals surface area contributed by atoms with Crippen molar-refractivity contribution in [3.8, 4) is 0 Å². The Hall–Kier alpha value is -2.21. The van der Waals surface area contributed by atoms with Gasteiger partial charge in [0.2, 0.25) is 5.91 Å². The van der Waals surface area contributed by atoms with Gasteiger partial charge < -0.3 is 10.0 Å². The van der Waals surface area contributed by atoms with Crippen molar-refractivity contribution in [2.45, 2.75) is 24.9 Å². The number of fused-ring (bicyclic) bond motifs is 1. The molecule has 1 aliphatic heterocycles. The van der Waals surface area contributed by atoms with Crippen molar-refractivity contribution in [1.29, 1.82) is 0 Å². The number of rotatable bonds is 2. The highest BCUT2D eigenvalue weighted by molar-refractivity contribution is 5.80. The first kappa shape index (κ1) is 15.3.